The van der Waals surface area contributed by atoms with Crippen LogP contribution in [0.3, 0.4) is 0 Å². The average molecular weight is 162 g/mol. The molecule has 0 fully saturated rings. The molecule has 3 heteroatoms. The van der Waals surface area contributed by atoms with Crippen molar-refractivity contribution in [3.05, 3.63) is 34.1 Å². The van der Waals surface area contributed by atoms with Crippen molar-refractivity contribution in [1.82, 2.24) is 4.98 Å². The minimum absolute atomic E-state index is 0.175. The molecule has 0 aliphatic carbocycles. The van der Waals surface area contributed by atoms with Gasteiger partial charge in [-0.05, 0) is 18.4 Å². The Morgan fingerprint density at radius 3 is 3.25 bits per heavy atom. The minimum Gasteiger partial charge on any atom is -0.370 e. The molecule has 1 N–H and O–H groups in total. The van der Waals surface area contributed by atoms with Crippen LogP contribution < -0.4 is 10.9 Å². The summed E-state index contributed by atoms with van der Waals surface area (Å²) in [4.78, 5) is 14.9. The van der Waals surface area contributed by atoms with E-state index in [-0.39, 0.29) is 5.56 Å². The maximum absolute atomic E-state index is 11.0. The van der Waals surface area contributed by atoms with E-state index >= 15 is 0 Å². The lowest BCUT2D eigenvalue weighted by atomic mass is 10.1. The first kappa shape index (κ1) is 7.28. The highest BCUT2D eigenvalue weighted by atomic mass is 16.1. The highest BCUT2D eigenvalue weighted by molar-refractivity contribution is 5.44. The van der Waals surface area contributed by atoms with Gasteiger partial charge >= 0.3 is 0 Å². The van der Waals surface area contributed by atoms with Gasteiger partial charge in [-0.15, -0.1) is 0 Å². The zero-order chi connectivity index (χ0) is 8.39. The van der Waals surface area contributed by atoms with Crippen LogP contribution in [0.1, 0.15) is 12.0 Å². The smallest absolute Gasteiger partial charge is 0.271 e. The number of nitrogens with zero attached hydrogens (tertiary/aromatic N) is 1. The SMILES string of the molecule is O=c1cccc2c(n1)NCCC2. The molecule has 12 heavy (non-hydrogen) atoms. The Morgan fingerprint density at radius 1 is 1.42 bits per heavy atom. The van der Waals surface area contributed by atoms with Gasteiger partial charge in [-0.2, -0.15) is 4.98 Å². The molecule has 62 valence electrons. The summed E-state index contributed by atoms with van der Waals surface area (Å²) < 4.78 is 0. The molecule has 2 rings (SSSR count). The second-order valence-electron chi connectivity index (χ2n) is 2.88. The van der Waals surface area contributed by atoms with Gasteiger partial charge in [-0.3, -0.25) is 4.79 Å². The van der Waals surface area contributed by atoms with Crippen LogP contribution in [0.5, 0.6) is 0 Å². The van der Waals surface area contributed by atoms with Crippen LogP contribution in [0.2, 0.25) is 0 Å². The first-order valence-electron chi connectivity index (χ1n) is 4.10. The molecule has 0 radical (unpaired) electrons. The average Bonchev–Trinajstić information content (AvgIpc) is 2.25. The van der Waals surface area contributed by atoms with Crippen LogP contribution in [0.15, 0.2) is 23.0 Å². The second-order valence-corrected chi connectivity index (χ2v) is 2.88. The first-order chi connectivity index (χ1) is 5.86. The van der Waals surface area contributed by atoms with Gasteiger partial charge in [-0.25, -0.2) is 0 Å². The highest BCUT2D eigenvalue weighted by Crippen LogP contribution is 2.15. The fourth-order valence-corrected chi connectivity index (χ4v) is 1.39. The molecule has 1 aliphatic heterocycles. The number of aromatic nitrogens is 1. The Kier molecular flexibility index (Phi) is 1.78. The van der Waals surface area contributed by atoms with Crippen LogP contribution in [-0.2, 0) is 6.42 Å². The Labute approximate surface area is 70.5 Å². The third-order valence-corrected chi connectivity index (χ3v) is 1.98. The van der Waals surface area contributed by atoms with E-state index in [0.29, 0.717) is 0 Å². The molecule has 3 nitrogen and oxygen atoms in total. The van der Waals surface area contributed by atoms with Crippen molar-refractivity contribution in [3.8, 4) is 0 Å². The number of nitrogens with one attached hydrogen (secondary N) is 1. The van der Waals surface area contributed by atoms with Crippen LogP contribution in [0.4, 0.5) is 5.82 Å². The predicted octanol–water partition coefficient (Wildman–Crippen LogP) is 0.800. The summed E-state index contributed by atoms with van der Waals surface area (Å²) in [6.07, 6.45) is 2.14. The Bertz CT molecular complexity index is 349. The molecule has 0 unspecified atom stereocenters. The number of rotatable bonds is 0. The number of fused-ring (bicyclic) bond motifs is 1. The fourth-order valence-electron chi connectivity index (χ4n) is 1.39. The maximum Gasteiger partial charge on any atom is 0.271 e. The molecular formula is C9H10N2O. The summed E-state index contributed by atoms with van der Waals surface area (Å²) in [5.41, 5.74) is 0.967. The monoisotopic (exact) mass is 162 g/mol. The van der Waals surface area contributed by atoms with Crippen molar-refractivity contribution in [2.24, 2.45) is 0 Å². The second kappa shape index (κ2) is 2.93. The van der Waals surface area contributed by atoms with Crippen molar-refractivity contribution >= 4 is 5.82 Å². The normalized spacial score (nSPS) is 14.7. The van der Waals surface area contributed by atoms with Crippen molar-refractivity contribution in [2.75, 3.05) is 11.9 Å². The lowest BCUT2D eigenvalue weighted by Crippen LogP contribution is -2.14. The summed E-state index contributed by atoms with van der Waals surface area (Å²) >= 11 is 0. The van der Waals surface area contributed by atoms with Crippen LogP contribution in [0.25, 0.3) is 0 Å². The number of aryl methyl sites for hydroxylation is 1. The van der Waals surface area contributed by atoms with E-state index in [2.05, 4.69) is 10.3 Å². The standard InChI is InChI=1S/C9H10N2O/c12-8-5-1-3-7-4-2-6-10-9(7)11-8/h1,3,5H,2,4,6H2,(H,10,11,12). The predicted molar refractivity (Wildman–Crippen MR) is 47.3 cm³/mol. The van der Waals surface area contributed by atoms with Crippen molar-refractivity contribution < 1.29 is 0 Å². The van der Waals surface area contributed by atoms with Gasteiger partial charge in [0.25, 0.3) is 5.56 Å². The van der Waals surface area contributed by atoms with E-state index in [1.807, 2.05) is 6.07 Å². The summed E-state index contributed by atoms with van der Waals surface area (Å²) in [5, 5.41) is 3.11. The molecule has 0 aromatic carbocycles. The molecule has 0 atom stereocenters. The van der Waals surface area contributed by atoms with Crippen LogP contribution in [-0.4, -0.2) is 11.5 Å². The summed E-state index contributed by atoms with van der Waals surface area (Å²) in [6, 6.07) is 5.21. The third kappa shape index (κ3) is 1.30. The topological polar surface area (TPSA) is 42.0 Å². The Hall–Kier alpha value is -1.38. The lowest BCUT2D eigenvalue weighted by Gasteiger charge is -2.13. The number of anilines is 1. The highest BCUT2D eigenvalue weighted by Gasteiger charge is 2.07. The summed E-state index contributed by atoms with van der Waals surface area (Å²) in [5.74, 6) is 0.760. The maximum atomic E-state index is 11.0. The minimum atomic E-state index is -0.175. The van der Waals surface area contributed by atoms with E-state index in [1.165, 1.54) is 6.07 Å². The van der Waals surface area contributed by atoms with Gasteiger partial charge in [0.2, 0.25) is 0 Å². The van der Waals surface area contributed by atoms with Crippen molar-refractivity contribution in [1.29, 1.82) is 0 Å². The zero-order valence-corrected chi connectivity index (χ0v) is 6.71. The molecular weight excluding hydrogens is 152 g/mol. The quantitative estimate of drug-likeness (QED) is 0.613. The Balaban J connectivity index is 2.59. The van der Waals surface area contributed by atoms with Crippen LogP contribution >= 0.6 is 0 Å². The molecule has 2 heterocycles. The van der Waals surface area contributed by atoms with Gasteiger partial charge in [0.05, 0.1) is 0 Å². The van der Waals surface area contributed by atoms with E-state index in [4.69, 9.17) is 0 Å². The van der Waals surface area contributed by atoms with E-state index in [0.717, 1.165) is 30.8 Å². The first-order valence-corrected chi connectivity index (χ1v) is 4.10. The molecule has 1 aromatic rings. The molecule has 0 spiro atoms. The van der Waals surface area contributed by atoms with Gasteiger partial charge in [0.1, 0.15) is 5.82 Å². The van der Waals surface area contributed by atoms with Gasteiger partial charge in [0.15, 0.2) is 0 Å². The third-order valence-electron chi connectivity index (χ3n) is 1.98. The Morgan fingerprint density at radius 2 is 2.33 bits per heavy atom. The van der Waals surface area contributed by atoms with Crippen molar-refractivity contribution in [2.45, 2.75) is 12.8 Å². The largest absolute Gasteiger partial charge is 0.370 e. The molecule has 0 saturated heterocycles. The molecule has 0 amide bonds. The number of hydrogen-bond acceptors (Lipinski definition) is 3. The van der Waals surface area contributed by atoms with E-state index in [1.54, 1.807) is 6.07 Å². The fraction of sp³-hybridized carbons (Fsp3) is 0.333. The molecule has 0 bridgehead atoms. The van der Waals surface area contributed by atoms with Crippen LogP contribution in [0, 0.1) is 0 Å². The van der Waals surface area contributed by atoms with Crippen molar-refractivity contribution in [3.63, 3.8) is 0 Å². The van der Waals surface area contributed by atoms with E-state index in [9.17, 15) is 4.79 Å². The van der Waals surface area contributed by atoms with E-state index < -0.39 is 0 Å². The molecule has 1 aromatic heterocycles. The van der Waals surface area contributed by atoms with Gasteiger partial charge < -0.3 is 5.32 Å². The zero-order valence-electron chi connectivity index (χ0n) is 6.71. The molecule has 1 aliphatic rings. The summed E-state index contributed by atoms with van der Waals surface area (Å²) in [6.45, 7) is 0.920. The van der Waals surface area contributed by atoms with Gasteiger partial charge in [-0.1, -0.05) is 12.1 Å². The summed E-state index contributed by atoms with van der Waals surface area (Å²) in [7, 11) is 0. The lowest BCUT2D eigenvalue weighted by molar-refractivity contribution is 0.820. The number of hydrogen-bond donors (Lipinski definition) is 1. The molecule has 0 saturated carbocycles. The van der Waals surface area contributed by atoms with Gasteiger partial charge in [0, 0.05) is 12.6 Å².